The Morgan fingerprint density at radius 1 is 1.04 bits per heavy atom. The SMILES string of the molecule is CCN(CC)C(=O)[N+]1(C)C(=O)CC[C@@]2(C)[C@H]1CC[C@H]1[C@@H]3CCC[C@@]3(C)CC[C@@H]12. The van der Waals surface area contributed by atoms with E-state index in [4.69, 9.17) is 0 Å². The van der Waals surface area contributed by atoms with E-state index < -0.39 is 0 Å². The van der Waals surface area contributed by atoms with Crippen molar-refractivity contribution in [1.29, 1.82) is 0 Å². The van der Waals surface area contributed by atoms with Crippen LogP contribution in [0.3, 0.4) is 0 Å². The van der Waals surface area contributed by atoms with Crippen LogP contribution in [0.1, 0.15) is 85.5 Å². The van der Waals surface area contributed by atoms with Gasteiger partial charge in [-0.3, -0.25) is 4.90 Å². The Balaban J connectivity index is 1.69. The molecule has 4 nitrogen and oxygen atoms in total. The highest BCUT2D eigenvalue weighted by Gasteiger charge is 2.66. The van der Waals surface area contributed by atoms with Crippen molar-refractivity contribution >= 4 is 11.9 Å². The van der Waals surface area contributed by atoms with Gasteiger partial charge in [-0.15, -0.1) is 0 Å². The standard InChI is InChI=1S/C24H41N2O2/c1-6-25(7-2)22(28)26(5)20-11-10-17-18-9-8-14-23(18,3)15-12-19(17)24(20,4)16-13-21(26)27/h17-20H,6-16H2,1-5H3/q+1/t17-,18-,19-,20+,23-,24+,26?/m0/s1. The molecule has 4 aliphatic rings. The van der Waals surface area contributed by atoms with Crippen LogP contribution in [-0.2, 0) is 4.79 Å². The lowest BCUT2D eigenvalue weighted by Crippen LogP contribution is -2.73. The average molecular weight is 390 g/mol. The maximum Gasteiger partial charge on any atom is 0.426 e. The molecule has 0 aromatic rings. The number of hydrogen-bond acceptors (Lipinski definition) is 2. The number of imide groups is 1. The van der Waals surface area contributed by atoms with Crippen molar-refractivity contribution in [3.05, 3.63) is 0 Å². The molecule has 3 amide bonds. The second-order valence-electron chi connectivity index (χ2n) is 11.0. The molecule has 28 heavy (non-hydrogen) atoms. The summed E-state index contributed by atoms with van der Waals surface area (Å²) < 4.78 is 0.0311. The van der Waals surface area contributed by atoms with Crippen molar-refractivity contribution in [2.75, 3.05) is 20.1 Å². The van der Waals surface area contributed by atoms with E-state index in [-0.39, 0.29) is 27.9 Å². The monoisotopic (exact) mass is 389 g/mol. The lowest BCUT2D eigenvalue weighted by Gasteiger charge is -2.61. The number of quaternary nitrogens is 1. The van der Waals surface area contributed by atoms with Crippen molar-refractivity contribution in [1.82, 2.24) is 4.90 Å². The average Bonchev–Trinajstić information content (AvgIpc) is 3.08. The smallest absolute Gasteiger partial charge is 0.293 e. The molecule has 1 aliphatic heterocycles. The van der Waals surface area contributed by atoms with Crippen LogP contribution in [0.4, 0.5) is 4.79 Å². The van der Waals surface area contributed by atoms with Crippen molar-refractivity contribution < 1.29 is 14.1 Å². The molecule has 1 saturated heterocycles. The summed E-state index contributed by atoms with van der Waals surface area (Å²) in [5, 5.41) is 0. The lowest BCUT2D eigenvalue weighted by molar-refractivity contribution is -0.803. The number of fused-ring (bicyclic) bond motifs is 5. The normalized spacial score (nSPS) is 47.8. The summed E-state index contributed by atoms with van der Waals surface area (Å²) in [6.45, 7) is 10.4. The Morgan fingerprint density at radius 3 is 2.43 bits per heavy atom. The maximum absolute atomic E-state index is 13.6. The van der Waals surface area contributed by atoms with Gasteiger partial charge in [-0.1, -0.05) is 20.3 Å². The highest BCUT2D eigenvalue weighted by molar-refractivity contribution is 5.84. The van der Waals surface area contributed by atoms with Crippen LogP contribution in [0.25, 0.3) is 0 Å². The van der Waals surface area contributed by atoms with Gasteiger partial charge in [0.15, 0.2) is 0 Å². The first kappa shape index (κ1) is 20.4. The highest BCUT2D eigenvalue weighted by atomic mass is 16.2. The zero-order valence-electron chi connectivity index (χ0n) is 18.8. The Bertz CT molecular complexity index is 659. The molecule has 4 rings (SSSR count). The van der Waals surface area contributed by atoms with E-state index in [0.29, 0.717) is 30.8 Å². The molecule has 0 N–H and O–H groups in total. The van der Waals surface area contributed by atoms with Crippen molar-refractivity contribution in [2.45, 2.75) is 91.5 Å². The first-order valence-electron chi connectivity index (χ1n) is 11.9. The van der Waals surface area contributed by atoms with Gasteiger partial charge in [0.1, 0.15) is 6.04 Å². The van der Waals surface area contributed by atoms with Crippen molar-refractivity contribution in [3.8, 4) is 0 Å². The maximum atomic E-state index is 13.6. The van der Waals surface area contributed by atoms with Gasteiger partial charge in [0.25, 0.3) is 0 Å². The topological polar surface area (TPSA) is 37.4 Å². The van der Waals surface area contributed by atoms with Crippen LogP contribution in [0, 0.1) is 28.6 Å². The summed E-state index contributed by atoms with van der Waals surface area (Å²) in [5.41, 5.74) is 0.683. The quantitative estimate of drug-likeness (QED) is 0.608. The third kappa shape index (κ3) is 2.58. The Hall–Kier alpha value is -0.900. The third-order valence-corrected chi connectivity index (χ3v) is 10.1. The molecule has 0 aromatic heterocycles. The van der Waals surface area contributed by atoms with Crippen LogP contribution in [0.15, 0.2) is 0 Å². The van der Waals surface area contributed by atoms with E-state index in [1.165, 1.54) is 38.5 Å². The van der Waals surface area contributed by atoms with Crippen LogP contribution < -0.4 is 0 Å². The Morgan fingerprint density at radius 2 is 1.75 bits per heavy atom. The zero-order chi connectivity index (χ0) is 20.3. The van der Waals surface area contributed by atoms with E-state index >= 15 is 0 Å². The fraction of sp³-hybridized carbons (Fsp3) is 0.917. The number of nitrogens with zero attached hydrogens (tertiary/aromatic N) is 2. The highest BCUT2D eigenvalue weighted by Crippen LogP contribution is 2.65. The summed E-state index contributed by atoms with van der Waals surface area (Å²) in [7, 11) is 1.95. The van der Waals surface area contributed by atoms with Crippen LogP contribution in [0.2, 0.25) is 0 Å². The van der Waals surface area contributed by atoms with Crippen molar-refractivity contribution in [2.24, 2.45) is 28.6 Å². The zero-order valence-corrected chi connectivity index (χ0v) is 18.8. The van der Waals surface area contributed by atoms with Crippen LogP contribution >= 0.6 is 0 Å². The van der Waals surface area contributed by atoms with Gasteiger partial charge < -0.3 is 0 Å². The molecule has 1 unspecified atom stereocenters. The van der Waals surface area contributed by atoms with Crippen molar-refractivity contribution in [3.63, 3.8) is 0 Å². The predicted octanol–water partition coefficient (Wildman–Crippen LogP) is 5.22. The molecular formula is C24H41N2O2+. The first-order valence-corrected chi connectivity index (χ1v) is 11.9. The number of likely N-dealkylation sites (tertiary alicyclic amines) is 1. The summed E-state index contributed by atoms with van der Waals surface area (Å²) in [4.78, 5) is 28.6. The molecule has 1 heterocycles. The molecule has 3 aliphatic carbocycles. The fourth-order valence-electron chi connectivity index (χ4n) is 8.44. The summed E-state index contributed by atoms with van der Waals surface area (Å²) in [5.74, 6) is 2.53. The molecular weight excluding hydrogens is 348 g/mol. The molecule has 4 fully saturated rings. The summed E-state index contributed by atoms with van der Waals surface area (Å²) in [6, 6.07) is 0.208. The molecule has 0 aromatic carbocycles. The number of carbonyl (C=O) groups is 2. The molecule has 4 heteroatoms. The van der Waals surface area contributed by atoms with Gasteiger partial charge in [-0.05, 0) is 75.5 Å². The van der Waals surface area contributed by atoms with E-state index in [1.807, 2.05) is 25.8 Å². The number of hydrogen-bond donors (Lipinski definition) is 0. The molecule has 3 saturated carbocycles. The lowest BCUT2D eigenvalue weighted by atomic mass is 9.47. The minimum Gasteiger partial charge on any atom is -0.293 e. The largest absolute Gasteiger partial charge is 0.426 e. The molecule has 158 valence electrons. The molecule has 7 atom stereocenters. The number of carbonyl (C=O) groups excluding carboxylic acids is 2. The second kappa shape index (κ2) is 6.82. The van der Waals surface area contributed by atoms with Gasteiger partial charge in [-0.2, -0.15) is 4.48 Å². The van der Waals surface area contributed by atoms with E-state index in [0.717, 1.165) is 24.7 Å². The van der Waals surface area contributed by atoms with Gasteiger partial charge in [0, 0.05) is 24.9 Å². The Kier molecular flexibility index (Phi) is 4.96. The van der Waals surface area contributed by atoms with E-state index in [2.05, 4.69) is 13.8 Å². The molecule has 0 bridgehead atoms. The number of piperidine rings is 1. The van der Waals surface area contributed by atoms with E-state index in [1.54, 1.807) is 0 Å². The first-order chi connectivity index (χ1) is 13.2. The number of rotatable bonds is 2. The van der Waals surface area contributed by atoms with Gasteiger partial charge in [-0.25, -0.2) is 9.59 Å². The van der Waals surface area contributed by atoms with Gasteiger partial charge >= 0.3 is 11.9 Å². The van der Waals surface area contributed by atoms with Gasteiger partial charge in [0.05, 0.1) is 13.5 Å². The molecule has 0 radical (unpaired) electrons. The second-order valence-corrected chi connectivity index (χ2v) is 11.0. The fourth-order valence-corrected chi connectivity index (χ4v) is 8.44. The number of urea groups is 1. The summed E-state index contributed by atoms with van der Waals surface area (Å²) >= 11 is 0. The van der Waals surface area contributed by atoms with Gasteiger partial charge in [0.2, 0.25) is 0 Å². The third-order valence-electron chi connectivity index (χ3n) is 10.1. The minimum absolute atomic E-state index is 0.0311. The summed E-state index contributed by atoms with van der Waals surface area (Å²) in [6.07, 6.45) is 10.7. The predicted molar refractivity (Wildman–Crippen MR) is 112 cm³/mol. The Labute approximate surface area is 171 Å². The van der Waals surface area contributed by atoms with Crippen LogP contribution in [-0.4, -0.2) is 47.5 Å². The molecule has 0 spiro atoms. The minimum atomic E-state index is 0.0311. The van der Waals surface area contributed by atoms with Crippen LogP contribution in [0.5, 0.6) is 0 Å². The number of amides is 3. The van der Waals surface area contributed by atoms with E-state index in [9.17, 15) is 9.59 Å².